The number of primary amides is 1. The van der Waals surface area contributed by atoms with Crippen LogP contribution in [0.1, 0.15) is 44.9 Å². The molecule has 170 valence electrons. The van der Waals surface area contributed by atoms with Gasteiger partial charge in [0.2, 0.25) is 15.9 Å². The molecule has 2 aliphatic rings. The first-order valence-electron chi connectivity index (χ1n) is 11.1. The first kappa shape index (κ1) is 22.0. The lowest BCUT2D eigenvalue weighted by Crippen LogP contribution is -2.43. The van der Waals surface area contributed by atoms with Gasteiger partial charge < -0.3 is 15.6 Å². The third kappa shape index (κ3) is 5.01. The van der Waals surface area contributed by atoms with E-state index in [1.54, 1.807) is 10.6 Å². The monoisotopic (exact) mass is 448 g/mol. The van der Waals surface area contributed by atoms with Crippen molar-refractivity contribution in [2.24, 2.45) is 17.6 Å². The molecule has 10 heteroatoms. The van der Waals surface area contributed by atoms with E-state index in [2.05, 4.69) is 26.9 Å². The molecule has 0 aromatic carbocycles. The molecule has 2 aromatic heterocycles. The number of aromatic nitrogens is 3. The predicted octanol–water partition coefficient (Wildman–Crippen LogP) is 1.87. The summed E-state index contributed by atoms with van der Waals surface area (Å²) in [6, 6.07) is 2.34. The van der Waals surface area contributed by atoms with Crippen molar-refractivity contribution in [2.45, 2.75) is 51.0 Å². The Kier molecular flexibility index (Phi) is 6.47. The molecule has 2 aromatic rings. The Morgan fingerprint density at radius 3 is 2.55 bits per heavy atom. The van der Waals surface area contributed by atoms with Crippen molar-refractivity contribution >= 4 is 32.8 Å². The smallest absolute Gasteiger partial charge is 0.217 e. The molecule has 3 heterocycles. The van der Waals surface area contributed by atoms with Gasteiger partial charge in [0.25, 0.3) is 0 Å². The number of hydrogen-bond acceptors (Lipinski definition) is 6. The maximum absolute atomic E-state index is 12.9. The summed E-state index contributed by atoms with van der Waals surface area (Å²) >= 11 is 0. The molecule has 1 aliphatic heterocycles. The van der Waals surface area contributed by atoms with E-state index in [1.807, 2.05) is 12.3 Å². The van der Waals surface area contributed by atoms with Crippen LogP contribution in [0.4, 0.5) is 5.82 Å². The van der Waals surface area contributed by atoms with E-state index in [9.17, 15) is 13.2 Å². The molecule has 2 fully saturated rings. The highest BCUT2D eigenvalue weighted by atomic mass is 32.2. The molecule has 1 saturated carbocycles. The van der Waals surface area contributed by atoms with Crippen LogP contribution >= 0.6 is 0 Å². The zero-order chi connectivity index (χ0) is 22.0. The third-order valence-corrected chi connectivity index (χ3v) is 8.98. The summed E-state index contributed by atoms with van der Waals surface area (Å²) in [5.74, 6) is 1.24. The van der Waals surface area contributed by atoms with Crippen LogP contribution in [0.2, 0.25) is 0 Å². The summed E-state index contributed by atoms with van der Waals surface area (Å²) < 4.78 is 27.5. The van der Waals surface area contributed by atoms with Gasteiger partial charge in [-0.2, -0.15) is 0 Å². The molecular weight excluding hydrogens is 416 g/mol. The minimum Gasteiger partial charge on any atom is -0.370 e. The van der Waals surface area contributed by atoms with Gasteiger partial charge in [0.05, 0.1) is 11.1 Å². The van der Waals surface area contributed by atoms with E-state index >= 15 is 0 Å². The van der Waals surface area contributed by atoms with Crippen LogP contribution in [0, 0.1) is 11.8 Å². The molecule has 4 rings (SSSR count). The SMILES string of the molecule is CN(c1ncnc2[nH]ccc12)C1CCC(CS(=O)(=O)N2CCC(CC(N)=O)CC2)CC1. The second kappa shape index (κ2) is 9.12. The Balaban J connectivity index is 1.30. The van der Waals surface area contributed by atoms with Gasteiger partial charge >= 0.3 is 0 Å². The number of carbonyl (C=O) groups excluding carboxylic acids is 1. The highest BCUT2D eigenvalue weighted by Crippen LogP contribution is 2.33. The fourth-order valence-electron chi connectivity index (χ4n) is 5.09. The molecule has 0 unspecified atom stereocenters. The van der Waals surface area contributed by atoms with Gasteiger partial charge in [-0.15, -0.1) is 0 Å². The summed E-state index contributed by atoms with van der Waals surface area (Å²) in [7, 11) is -1.20. The lowest BCUT2D eigenvalue weighted by atomic mass is 9.86. The van der Waals surface area contributed by atoms with Crippen molar-refractivity contribution in [1.82, 2.24) is 19.3 Å². The lowest BCUT2D eigenvalue weighted by molar-refractivity contribution is -0.119. The normalized spacial score (nSPS) is 23.8. The molecular formula is C21H32N6O3S. The number of aromatic amines is 1. The predicted molar refractivity (Wildman–Crippen MR) is 120 cm³/mol. The minimum atomic E-state index is -3.27. The summed E-state index contributed by atoms with van der Waals surface area (Å²) in [6.45, 7) is 0.997. The van der Waals surface area contributed by atoms with Gasteiger partial charge in [0.15, 0.2) is 0 Å². The molecule has 1 saturated heterocycles. The van der Waals surface area contributed by atoms with Gasteiger partial charge in [-0.05, 0) is 56.4 Å². The van der Waals surface area contributed by atoms with Crippen molar-refractivity contribution in [2.75, 3.05) is 30.8 Å². The number of anilines is 1. The summed E-state index contributed by atoms with van der Waals surface area (Å²) in [5.41, 5.74) is 6.11. The molecule has 1 amide bonds. The van der Waals surface area contributed by atoms with E-state index in [-0.39, 0.29) is 23.5 Å². The quantitative estimate of drug-likeness (QED) is 0.666. The Hall–Kier alpha value is -2.20. The second-order valence-electron chi connectivity index (χ2n) is 9.01. The fraction of sp³-hybridized carbons (Fsp3) is 0.667. The molecule has 0 radical (unpaired) electrons. The van der Waals surface area contributed by atoms with Crippen LogP contribution < -0.4 is 10.6 Å². The fourth-order valence-corrected chi connectivity index (χ4v) is 7.00. The zero-order valence-corrected chi connectivity index (χ0v) is 18.9. The first-order valence-corrected chi connectivity index (χ1v) is 12.7. The molecule has 3 N–H and O–H groups in total. The van der Waals surface area contributed by atoms with Crippen molar-refractivity contribution < 1.29 is 13.2 Å². The first-order chi connectivity index (χ1) is 14.8. The van der Waals surface area contributed by atoms with Crippen LogP contribution in [0.15, 0.2) is 18.6 Å². The van der Waals surface area contributed by atoms with Crippen LogP contribution in [-0.4, -0.2) is 65.5 Å². The Morgan fingerprint density at radius 2 is 1.87 bits per heavy atom. The number of fused-ring (bicyclic) bond motifs is 1. The van der Waals surface area contributed by atoms with E-state index in [0.29, 0.717) is 38.4 Å². The minimum absolute atomic E-state index is 0.190. The average Bonchev–Trinajstić information content (AvgIpc) is 3.22. The molecule has 0 spiro atoms. The summed E-state index contributed by atoms with van der Waals surface area (Å²) in [4.78, 5) is 25.2. The van der Waals surface area contributed by atoms with Gasteiger partial charge in [-0.25, -0.2) is 22.7 Å². The van der Waals surface area contributed by atoms with Gasteiger partial charge in [0.1, 0.15) is 17.8 Å². The summed E-state index contributed by atoms with van der Waals surface area (Å²) in [6.07, 6.45) is 8.93. The lowest BCUT2D eigenvalue weighted by Gasteiger charge is -2.36. The van der Waals surface area contributed by atoms with Crippen LogP contribution in [0.25, 0.3) is 11.0 Å². The van der Waals surface area contributed by atoms with Crippen molar-refractivity contribution in [3.8, 4) is 0 Å². The molecule has 0 atom stereocenters. The molecule has 9 nitrogen and oxygen atoms in total. The van der Waals surface area contributed by atoms with Gasteiger partial charge in [0, 0.05) is 38.8 Å². The average molecular weight is 449 g/mol. The number of carbonyl (C=O) groups is 1. The largest absolute Gasteiger partial charge is 0.370 e. The highest BCUT2D eigenvalue weighted by molar-refractivity contribution is 7.89. The van der Waals surface area contributed by atoms with E-state index in [4.69, 9.17) is 5.73 Å². The molecule has 0 bridgehead atoms. The number of H-pyrrole nitrogens is 1. The Morgan fingerprint density at radius 1 is 1.16 bits per heavy atom. The molecule has 1 aliphatic carbocycles. The Bertz CT molecular complexity index is 1010. The third-order valence-electron chi connectivity index (χ3n) is 6.93. The van der Waals surface area contributed by atoms with Gasteiger partial charge in [-0.1, -0.05) is 0 Å². The number of nitrogens with zero attached hydrogens (tertiary/aromatic N) is 4. The van der Waals surface area contributed by atoms with Crippen molar-refractivity contribution in [3.63, 3.8) is 0 Å². The zero-order valence-electron chi connectivity index (χ0n) is 18.0. The van der Waals surface area contributed by atoms with E-state index in [0.717, 1.165) is 42.5 Å². The number of sulfonamides is 1. The van der Waals surface area contributed by atoms with E-state index in [1.165, 1.54) is 0 Å². The highest BCUT2D eigenvalue weighted by Gasteiger charge is 2.33. The second-order valence-corrected chi connectivity index (χ2v) is 11.0. The summed E-state index contributed by atoms with van der Waals surface area (Å²) in [5, 5.41) is 1.01. The number of amides is 1. The number of piperidine rings is 1. The maximum Gasteiger partial charge on any atom is 0.217 e. The number of rotatable bonds is 7. The van der Waals surface area contributed by atoms with Crippen molar-refractivity contribution in [1.29, 1.82) is 0 Å². The van der Waals surface area contributed by atoms with Crippen LogP contribution in [-0.2, 0) is 14.8 Å². The van der Waals surface area contributed by atoms with E-state index < -0.39 is 10.0 Å². The van der Waals surface area contributed by atoms with Crippen molar-refractivity contribution in [3.05, 3.63) is 18.6 Å². The number of nitrogens with two attached hydrogens (primary N) is 1. The molecule has 31 heavy (non-hydrogen) atoms. The number of nitrogens with one attached hydrogen (secondary N) is 1. The topological polar surface area (TPSA) is 125 Å². The standard InChI is InChI=1S/C21H32N6O3S/c1-26(21-18-6-9-23-20(18)24-14-25-21)17-4-2-16(3-5-17)13-31(29,30)27-10-7-15(8-11-27)12-19(22)28/h6,9,14-17H,2-5,7-8,10-13H2,1H3,(H2,22,28)(H,23,24,25). The Labute approximate surface area is 183 Å². The van der Waals surface area contributed by atoms with Crippen LogP contribution in [0.3, 0.4) is 0 Å². The number of hydrogen-bond donors (Lipinski definition) is 2. The van der Waals surface area contributed by atoms with Gasteiger partial charge in [-0.3, -0.25) is 4.79 Å². The van der Waals surface area contributed by atoms with Crippen LogP contribution in [0.5, 0.6) is 0 Å². The maximum atomic E-state index is 12.9.